The second-order valence-corrected chi connectivity index (χ2v) is 4.19. The molecular weight excluding hydrogens is 162 g/mol. The molecule has 1 N–H and O–H groups in total. The van der Waals surface area contributed by atoms with Crippen LogP contribution in [0.25, 0.3) is 0 Å². The van der Waals surface area contributed by atoms with Crippen LogP contribution in [0, 0.1) is 5.92 Å². The molecule has 0 aromatic rings. The van der Waals surface area contributed by atoms with Gasteiger partial charge in [0.2, 0.25) is 0 Å². The summed E-state index contributed by atoms with van der Waals surface area (Å²) in [5.74, 6) is 0.953. The van der Waals surface area contributed by atoms with E-state index in [2.05, 4.69) is 19.2 Å². The first-order valence-corrected chi connectivity index (χ1v) is 5.64. The fraction of sp³-hybridized carbons (Fsp3) is 1.00. The van der Waals surface area contributed by atoms with Crippen molar-refractivity contribution in [3.63, 3.8) is 0 Å². The fourth-order valence-electron chi connectivity index (χ4n) is 1.80. The zero-order chi connectivity index (χ0) is 9.52. The molecule has 0 saturated heterocycles. The Hall–Kier alpha value is -0.0800. The number of hydrogen-bond acceptors (Lipinski definition) is 2. The van der Waals surface area contributed by atoms with E-state index in [-0.39, 0.29) is 0 Å². The quantitative estimate of drug-likeness (QED) is 0.614. The predicted octanol–water partition coefficient (Wildman–Crippen LogP) is 2.19. The summed E-state index contributed by atoms with van der Waals surface area (Å²) in [5, 5.41) is 3.55. The zero-order valence-corrected chi connectivity index (χ0v) is 9.01. The van der Waals surface area contributed by atoms with Crippen LogP contribution in [-0.2, 0) is 4.74 Å². The van der Waals surface area contributed by atoms with Crippen molar-refractivity contribution in [2.24, 2.45) is 5.92 Å². The van der Waals surface area contributed by atoms with Gasteiger partial charge in [0.15, 0.2) is 0 Å². The molecule has 1 saturated carbocycles. The van der Waals surface area contributed by atoms with Crippen LogP contribution in [0.4, 0.5) is 0 Å². The van der Waals surface area contributed by atoms with Crippen molar-refractivity contribution in [1.82, 2.24) is 5.32 Å². The molecule has 0 aromatic heterocycles. The molecule has 0 radical (unpaired) electrons. The monoisotopic (exact) mass is 185 g/mol. The summed E-state index contributed by atoms with van der Waals surface area (Å²) in [6.07, 6.45) is 5.03. The minimum atomic E-state index is 0.807. The van der Waals surface area contributed by atoms with Crippen molar-refractivity contribution < 1.29 is 4.74 Å². The Kier molecular flexibility index (Phi) is 5.40. The molecule has 1 fully saturated rings. The van der Waals surface area contributed by atoms with Gasteiger partial charge < -0.3 is 10.1 Å². The van der Waals surface area contributed by atoms with Crippen molar-refractivity contribution in [2.45, 2.75) is 45.6 Å². The SMILES string of the molecule is CCCOCCCNC1CC(C)C1. The minimum Gasteiger partial charge on any atom is -0.381 e. The zero-order valence-electron chi connectivity index (χ0n) is 9.01. The molecule has 0 bridgehead atoms. The van der Waals surface area contributed by atoms with Gasteiger partial charge >= 0.3 is 0 Å². The summed E-state index contributed by atoms with van der Waals surface area (Å²) in [4.78, 5) is 0. The second kappa shape index (κ2) is 6.39. The highest BCUT2D eigenvalue weighted by Crippen LogP contribution is 2.25. The third-order valence-corrected chi connectivity index (χ3v) is 2.62. The molecule has 2 heteroatoms. The number of nitrogens with one attached hydrogen (secondary N) is 1. The maximum Gasteiger partial charge on any atom is 0.0478 e. The van der Waals surface area contributed by atoms with Crippen LogP contribution in [0.2, 0.25) is 0 Å². The van der Waals surface area contributed by atoms with E-state index in [1.54, 1.807) is 0 Å². The van der Waals surface area contributed by atoms with Crippen molar-refractivity contribution in [3.8, 4) is 0 Å². The molecule has 0 atom stereocenters. The molecule has 1 aliphatic carbocycles. The Bertz CT molecular complexity index is 121. The summed E-state index contributed by atoms with van der Waals surface area (Å²) >= 11 is 0. The smallest absolute Gasteiger partial charge is 0.0478 e. The first-order chi connectivity index (χ1) is 6.33. The lowest BCUT2D eigenvalue weighted by molar-refractivity contribution is 0.129. The average Bonchev–Trinajstić information content (AvgIpc) is 2.07. The Balaban J connectivity index is 1.74. The molecule has 13 heavy (non-hydrogen) atoms. The molecule has 0 spiro atoms. The van der Waals surface area contributed by atoms with Crippen molar-refractivity contribution in [1.29, 1.82) is 0 Å². The maximum absolute atomic E-state index is 5.40. The third kappa shape index (κ3) is 4.63. The third-order valence-electron chi connectivity index (χ3n) is 2.62. The first kappa shape index (κ1) is 11.0. The van der Waals surface area contributed by atoms with Crippen LogP contribution in [-0.4, -0.2) is 25.8 Å². The van der Waals surface area contributed by atoms with Crippen LogP contribution in [0.15, 0.2) is 0 Å². The Morgan fingerprint density at radius 2 is 2.08 bits per heavy atom. The summed E-state index contributed by atoms with van der Waals surface area (Å²) in [7, 11) is 0. The molecular formula is C11H23NO. The average molecular weight is 185 g/mol. The Labute approximate surface area is 82.0 Å². The van der Waals surface area contributed by atoms with Gasteiger partial charge in [0.05, 0.1) is 0 Å². The summed E-state index contributed by atoms with van der Waals surface area (Å²) in [6.45, 7) is 7.43. The second-order valence-electron chi connectivity index (χ2n) is 4.19. The van der Waals surface area contributed by atoms with Crippen LogP contribution in [0.1, 0.15) is 39.5 Å². The van der Waals surface area contributed by atoms with Crippen molar-refractivity contribution in [3.05, 3.63) is 0 Å². The molecule has 0 heterocycles. The minimum absolute atomic E-state index is 0.807. The molecule has 0 aliphatic heterocycles. The molecule has 0 unspecified atom stereocenters. The lowest BCUT2D eigenvalue weighted by Gasteiger charge is -2.33. The predicted molar refractivity (Wildman–Crippen MR) is 55.9 cm³/mol. The highest BCUT2D eigenvalue weighted by Gasteiger charge is 2.23. The molecule has 0 aromatic carbocycles. The van der Waals surface area contributed by atoms with Crippen LogP contribution < -0.4 is 5.32 Å². The van der Waals surface area contributed by atoms with E-state index in [1.807, 2.05) is 0 Å². The largest absolute Gasteiger partial charge is 0.381 e. The van der Waals surface area contributed by atoms with E-state index in [0.29, 0.717) is 0 Å². The lowest BCUT2D eigenvalue weighted by Crippen LogP contribution is -2.40. The summed E-state index contributed by atoms with van der Waals surface area (Å²) < 4.78 is 5.40. The molecule has 0 amide bonds. The van der Waals surface area contributed by atoms with Gasteiger partial charge in [-0.2, -0.15) is 0 Å². The molecule has 2 nitrogen and oxygen atoms in total. The van der Waals surface area contributed by atoms with Gasteiger partial charge in [0, 0.05) is 19.3 Å². The highest BCUT2D eigenvalue weighted by atomic mass is 16.5. The number of hydrogen-bond donors (Lipinski definition) is 1. The van der Waals surface area contributed by atoms with Crippen molar-refractivity contribution >= 4 is 0 Å². The van der Waals surface area contributed by atoms with Gasteiger partial charge in [0.1, 0.15) is 0 Å². The van der Waals surface area contributed by atoms with Gasteiger partial charge in [-0.1, -0.05) is 13.8 Å². The Morgan fingerprint density at radius 1 is 1.31 bits per heavy atom. The number of rotatable bonds is 7. The van der Waals surface area contributed by atoms with E-state index in [9.17, 15) is 0 Å². The van der Waals surface area contributed by atoms with E-state index in [0.717, 1.165) is 44.6 Å². The standard InChI is InChI=1S/C11H23NO/c1-3-6-13-7-4-5-12-11-8-10(2)9-11/h10-12H,3-9H2,1-2H3. The number of ether oxygens (including phenoxy) is 1. The van der Waals surface area contributed by atoms with Gasteiger partial charge in [-0.15, -0.1) is 0 Å². The van der Waals surface area contributed by atoms with E-state index < -0.39 is 0 Å². The topological polar surface area (TPSA) is 21.3 Å². The van der Waals surface area contributed by atoms with E-state index >= 15 is 0 Å². The van der Waals surface area contributed by atoms with Crippen molar-refractivity contribution in [2.75, 3.05) is 19.8 Å². The Morgan fingerprint density at radius 3 is 2.69 bits per heavy atom. The van der Waals surface area contributed by atoms with Crippen LogP contribution >= 0.6 is 0 Å². The summed E-state index contributed by atoms with van der Waals surface area (Å²) in [6, 6.07) is 0.807. The van der Waals surface area contributed by atoms with E-state index in [4.69, 9.17) is 4.74 Å². The van der Waals surface area contributed by atoms with Crippen LogP contribution in [0.3, 0.4) is 0 Å². The molecule has 1 rings (SSSR count). The lowest BCUT2D eigenvalue weighted by atomic mass is 9.82. The van der Waals surface area contributed by atoms with E-state index in [1.165, 1.54) is 12.8 Å². The summed E-state index contributed by atoms with van der Waals surface area (Å²) in [5.41, 5.74) is 0. The highest BCUT2D eigenvalue weighted by molar-refractivity contribution is 4.81. The molecule has 78 valence electrons. The maximum atomic E-state index is 5.40. The molecule has 1 aliphatic rings. The van der Waals surface area contributed by atoms with Crippen LogP contribution in [0.5, 0.6) is 0 Å². The fourth-order valence-corrected chi connectivity index (χ4v) is 1.80. The van der Waals surface area contributed by atoms with Gasteiger partial charge in [-0.05, 0) is 38.1 Å². The normalized spacial score (nSPS) is 27.2. The van der Waals surface area contributed by atoms with Gasteiger partial charge in [-0.3, -0.25) is 0 Å². The van der Waals surface area contributed by atoms with Gasteiger partial charge in [0.25, 0.3) is 0 Å². The first-order valence-electron chi connectivity index (χ1n) is 5.64. The van der Waals surface area contributed by atoms with Gasteiger partial charge in [-0.25, -0.2) is 0 Å².